The number of nitrogens with zero attached hydrogens (tertiary/aromatic N) is 3. The van der Waals surface area contributed by atoms with Crippen molar-refractivity contribution in [1.82, 2.24) is 15.5 Å². The predicted molar refractivity (Wildman–Crippen MR) is 105 cm³/mol. The van der Waals surface area contributed by atoms with Crippen molar-refractivity contribution in [1.29, 1.82) is 0 Å². The largest absolute Gasteiger partial charge is 0.356 e. The van der Waals surface area contributed by atoms with Crippen LogP contribution >= 0.6 is 0 Å². The maximum atomic E-state index is 12.3. The molecule has 3 rings (SSSR count). The minimum atomic E-state index is 0.120. The Morgan fingerprint density at radius 3 is 2.46 bits per heavy atom. The number of carbonyl (C=O) groups is 1. The van der Waals surface area contributed by atoms with Crippen LogP contribution in [-0.4, -0.2) is 35.7 Å². The Morgan fingerprint density at radius 2 is 1.85 bits per heavy atom. The summed E-state index contributed by atoms with van der Waals surface area (Å²) in [5.41, 5.74) is 1.96. The number of aromatic nitrogens is 2. The van der Waals surface area contributed by atoms with Gasteiger partial charge in [-0.05, 0) is 37.3 Å². The van der Waals surface area contributed by atoms with Crippen molar-refractivity contribution in [3.05, 3.63) is 42.5 Å². The number of nitrogens with one attached hydrogen (secondary N) is 1. The van der Waals surface area contributed by atoms with E-state index < -0.39 is 0 Å². The van der Waals surface area contributed by atoms with Crippen molar-refractivity contribution in [3.8, 4) is 11.3 Å². The zero-order chi connectivity index (χ0) is 18.4. The molecule has 1 aromatic carbocycles. The highest BCUT2D eigenvalue weighted by Gasteiger charge is 2.25. The number of hydrogen-bond acceptors (Lipinski definition) is 4. The molecule has 0 bridgehead atoms. The van der Waals surface area contributed by atoms with Gasteiger partial charge in [0.15, 0.2) is 5.82 Å². The minimum absolute atomic E-state index is 0.120. The van der Waals surface area contributed by atoms with Crippen LogP contribution in [0.2, 0.25) is 0 Å². The number of amides is 1. The molecule has 138 valence electrons. The molecular formula is C21H28N4O. The van der Waals surface area contributed by atoms with Gasteiger partial charge in [-0.1, -0.05) is 44.2 Å². The van der Waals surface area contributed by atoms with Gasteiger partial charge in [-0.3, -0.25) is 4.79 Å². The molecule has 1 saturated heterocycles. The molecule has 1 aliphatic rings. The number of piperidine rings is 1. The Balaban J connectivity index is 1.51. The molecule has 2 heterocycles. The van der Waals surface area contributed by atoms with Gasteiger partial charge in [0, 0.05) is 31.1 Å². The SMILES string of the molecule is CC(C)CCNC(=O)C1CCN(c2ccc(-c3ccccc3)nn2)CC1. The summed E-state index contributed by atoms with van der Waals surface area (Å²) in [4.78, 5) is 14.5. The Labute approximate surface area is 155 Å². The summed E-state index contributed by atoms with van der Waals surface area (Å²) in [6.45, 7) is 6.83. The smallest absolute Gasteiger partial charge is 0.223 e. The summed E-state index contributed by atoms with van der Waals surface area (Å²) in [5, 5.41) is 11.8. The van der Waals surface area contributed by atoms with E-state index in [4.69, 9.17) is 0 Å². The number of anilines is 1. The lowest BCUT2D eigenvalue weighted by Crippen LogP contribution is -2.41. The summed E-state index contributed by atoms with van der Waals surface area (Å²) in [7, 11) is 0. The van der Waals surface area contributed by atoms with Crippen LogP contribution in [0.3, 0.4) is 0 Å². The Bertz CT molecular complexity index is 692. The maximum Gasteiger partial charge on any atom is 0.223 e. The predicted octanol–water partition coefficient (Wildman–Crippen LogP) is 3.52. The number of benzene rings is 1. The van der Waals surface area contributed by atoms with Crippen molar-refractivity contribution in [2.75, 3.05) is 24.5 Å². The van der Waals surface area contributed by atoms with E-state index >= 15 is 0 Å². The van der Waals surface area contributed by atoms with Crippen molar-refractivity contribution < 1.29 is 4.79 Å². The van der Waals surface area contributed by atoms with E-state index in [1.807, 2.05) is 42.5 Å². The highest BCUT2D eigenvalue weighted by molar-refractivity contribution is 5.78. The van der Waals surface area contributed by atoms with Gasteiger partial charge in [-0.2, -0.15) is 0 Å². The van der Waals surface area contributed by atoms with Gasteiger partial charge in [0.25, 0.3) is 0 Å². The van der Waals surface area contributed by atoms with Crippen molar-refractivity contribution in [2.24, 2.45) is 11.8 Å². The first-order valence-electron chi connectivity index (χ1n) is 9.55. The van der Waals surface area contributed by atoms with E-state index in [9.17, 15) is 4.79 Å². The molecule has 0 atom stereocenters. The van der Waals surface area contributed by atoms with Gasteiger partial charge >= 0.3 is 0 Å². The fraction of sp³-hybridized carbons (Fsp3) is 0.476. The topological polar surface area (TPSA) is 58.1 Å². The highest BCUT2D eigenvalue weighted by Crippen LogP contribution is 2.23. The second-order valence-electron chi connectivity index (χ2n) is 7.38. The lowest BCUT2D eigenvalue weighted by Gasteiger charge is -2.31. The number of carbonyl (C=O) groups excluding carboxylic acids is 1. The molecular weight excluding hydrogens is 324 g/mol. The molecule has 0 spiro atoms. The van der Waals surface area contributed by atoms with Gasteiger partial charge in [-0.15, -0.1) is 10.2 Å². The van der Waals surface area contributed by atoms with Crippen LogP contribution in [0.25, 0.3) is 11.3 Å². The average molecular weight is 352 g/mol. The van der Waals surface area contributed by atoms with Crippen molar-refractivity contribution >= 4 is 11.7 Å². The monoisotopic (exact) mass is 352 g/mol. The Hall–Kier alpha value is -2.43. The first-order valence-corrected chi connectivity index (χ1v) is 9.55. The molecule has 0 aliphatic carbocycles. The normalized spacial score (nSPS) is 15.3. The summed E-state index contributed by atoms with van der Waals surface area (Å²) in [6, 6.07) is 14.1. The quantitative estimate of drug-likeness (QED) is 0.864. The van der Waals surface area contributed by atoms with Crippen LogP contribution in [0.5, 0.6) is 0 Å². The zero-order valence-electron chi connectivity index (χ0n) is 15.7. The second-order valence-corrected chi connectivity index (χ2v) is 7.38. The second kappa shape index (κ2) is 8.79. The van der Waals surface area contributed by atoms with Gasteiger partial charge in [0.2, 0.25) is 5.91 Å². The van der Waals surface area contributed by atoms with Crippen LogP contribution in [0.4, 0.5) is 5.82 Å². The summed E-state index contributed by atoms with van der Waals surface area (Å²) in [6.07, 6.45) is 2.78. The van der Waals surface area contributed by atoms with Gasteiger partial charge in [0.05, 0.1) is 5.69 Å². The molecule has 26 heavy (non-hydrogen) atoms. The standard InChI is InChI=1S/C21H28N4O/c1-16(2)10-13-22-21(26)18-11-14-25(15-12-18)20-9-8-19(23-24-20)17-6-4-3-5-7-17/h3-9,16,18H,10-15H2,1-2H3,(H,22,26). The molecule has 1 amide bonds. The van der Waals surface area contributed by atoms with Crippen LogP contribution < -0.4 is 10.2 Å². The average Bonchev–Trinajstić information content (AvgIpc) is 2.68. The zero-order valence-corrected chi connectivity index (χ0v) is 15.7. The summed E-state index contributed by atoms with van der Waals surface area (Å²) in [5.74, 6) is 1.84. The van der Waals surface area contributed by atoms with E-state index in [1.165, 1.54) is 0 Å². The molecule has 2 aromatic rings. The summed E-state index contributed by atoms with van der Waals surface area (Å²) < 4.78 is 0. The molecule has 1 N–H and O–H groups in total. The van der Waals surface area contributed by atoms with Gasteiger partial charge < -0.3 is 10.2 Å². The van der Waals surface area contributed by atoms with Crippen LogP contribution in [0, 0.1) is 11.8 Å². The van der Waals surface area contributed by atoms with Crippen molar-refractivity contribution in [3.63, 3.8) is 0 Å². The molecule has 0 saturated carbocycles. The number of rotatable bonds is 6. The molecule has 5 nitrogen and oxygen atoms in total. The van der Waals surface area contributed by atoms with E-state index in [2.05, 4.69) is 34.3 Å². The molecule has 1 aliphatic heterocycles. The highest BCUT2D eigenvalue weighted by atomic mass is 16.1. The lowest BCUT2D eigenvalue weighted by atomic mass is 9.95. The first-order chi connectivity index (χ1) is 12.6. The Morgan fingerprint density at radius 1 is 1.12 bits per heavy atom. The third kappa shape index (κ3) is 4.81. The van der Waals surface area contributed by atoms with Crippen molar-refractivity contribution in [2.45, 2.75) is 33.1 Å². The molecule has 5 heteroatoms. The van der Waals surface area contributed by atoms with E-state index in [-0.39, 0.29) is 11.8 Å². The summed E-state index contributed by atoms with van der Waals surface area (Å²) >= 11 is 0. The van der Waals surface area contributed by atoms with Gasteiger partial charge in [-0.25, -0.2) is 0 Å². The van der Waals surface area contributed by atoms with E-state index in [0.29, 0.717) is 5.92 Å². The maximum absolute atomic E-state index is 12.3. The van der Waals surface area contributed by atoms with Gasteiger partial charge in [0.1, 0.15) is 0 Å². The fourth-order valence-electron chi connectivity index (χ4n) is 3.26. The fourth-order valence-corrected chi connectivity index (χ4v) is 3.26. The minimum Gasteiger partial charge on any atom is -0.356 e. The first kappa shape index (κ1) is 18.4. The van der Waals surface area contributed by atoms with Crippen LogP contribution in [-0.2, 0) is 4.79 Å². The number of hydrogen-bond donors (Lipinski definition) is 1. The molecule has 0 unspecified atom stereocenters. The third-order valence-electron chi connectivity index (χ3n) is 4.93. The van der Waals surface area contributed by atoms with E-state index in [1.54, 1.807) is 0 Å². The van der Waals surface area contributed by atoms with Crippen LogP contribution in [0.1, 0.15) is 33.1 Å². The molecule has 1 fully saturated rings. The van der Waals surface area contributed by atoms with Crippen LogP contribution in [0.15, 0.2) is 42.5 Å². The molecule has 0 radical (unpaired) electrons. The van der Waals surface area contributed by atoms with E-state index in [0.717, 1.165) is 56.0 Å². The Kier molecular flexibility index (Phi) is 6.21. The third-order valence-corrected chi connectivity index (χ3v) is 4.93. The lowest BCUT2D eigenvalue weighted by molar-refractivity contribution is -0.125. The molecule has 1 aromatic heterocycles.